The van der Waals surface area contributed by atoms with Gasteiger partial charge < -0.3 is 15.0 Å². The molecule has 0 aliphatic heterocycles. The van der Waals surface area contributed by atoms with Crippen LogP contribution in [0.2, 0.25) is 0 Å². The predicted molar refractivity (Wildman–Crippen MR) is 96.1 cm³/mol. The molecule has 2 rings (SSSR count). The van der Waals surface area contributed by atoms with Crippen LogP contribution in [0.15, 0.2) is 48.7 Å². The van der Waals surface area contributed by atoms with Gasteiger partial charge in [-0.05, 0) is 50.6 Å². The highest BCUT2D eigenvalue weighted by Gasteiger charge is 2.01. The third kappa shape index (κ3) is 5.91. The summed E-state index contributed by atoms with van der Waals surface area (Å²) in [6.07, 6.45) is 2.71. The number of rotatable bonds is 10. The normalized spacial score (nSPS) is 10.5. The predicted octanol–water partition coefficient (Wildman–Crippen LogP) is 3.49. The number of nitrogens with one attached hydrogen (secondary N) is 1. The van der Waals surface area contributed by atoms with Crippen LogP contribution in [0.4, 0.5) is 5.69 Å². The van der Waals surface area contributed by atoms with Crippen LogP contribution in [-0.4, -0.2) is 31.2 Å². The molecule has 0 unspecified atom stereocenters. The second-order valence-electron chi connectivity index (χ2n) is 5.39. The molecule has 1 heterocycles. The van der Waals surface area contributed by atoms with Crippen LogP contribution in [0.25, 0.3) is 0 Å². The monoisotopic (exact) mass is 313 g/mol. The standard InChI is InChI=1S/C19H27N3O/c1-3-22(4-2)18-11-9-17(10-12-18)16-20-13-7-15-23-19-8-5-6-14-21-19/h5-6,8-12,14,20H,3-4,7,13,15-16H2,1-2H3. The van der Waals surface area contributed by atoms with Crippen molar-refractivity contribution in [1.29, 1.82) is 0 Å². The lowest BCUT2D eigenvalue weighted by molar-refractivity contribution is 0.296. The molecule has 23 heavy (non-hydrogen) atoms. The molecular formula is C19H27N3O. The number of aromatic nitrogens is 1. The maximum absolute atomic E-state index is 5.57. The van der Waals surface area contributed by atoms with Crippen molar-refractivity contribution in [1.82, 2.24) is 10.3 Å². The van der Waals surface area contributed by atoms with Gasteiger partial charge in [-0.1, -0.05) is 18.2 Å². The fraction of sp³-hybridized carbons (Fsp3) is 0.421. The van der Waals surface area contributed by atoms with Gasteiger partial charge in [0.05, 0.1) is 6.61 Å². The van der Waals surface area contributed by atoms with Crippen molar-refractivity contribution in [3.63, 3.8) is 0 Å². The zero-order chi connectivity index (χ0) is 16.3. The Bertz CT molecular complexity index is 538. The van der Waals surface area contributed by atoms with Gasteiger partial charge in [-0.3, -0.25) is 0 Å². The van der Waals surface area contributed by atoms with E-state index in [-0.39, 0.29) is 0 Å². The van der Waals surface area contributed by atoms with E-state index in [9.17, 15) is 0 Å². The maximum Gasteiger partial charge on any atom is 0.213 e. The summed E-state index contributed by atoms with van der Waals surface area (Å²) in [5, 5.41) is 3.45. The van der Waals surface area contributed by atoms with Crippen LogP contribution in [0.3, 0.4) is 0 Å². The Morgan fingerprint density at radius 3 is 2.48 bits per heavy atom. The van der Waals surface area contributed by atoms with E-state index >= 15 is 0 Å². The number of anilines is 1. The van der Waals surface area contributed by atoms with E-state index in [1.165, 1.54) is 11.3 Å². The van der Waals surface area contributed by atoms with E-state index in [0.29, 0.717) is 12.5 Å². The number of pyridine rings is 1. The first-order valence-electron chi connectivity index (χ1n) is 8.42. The average molecular weight is 313 g/mol. The minimum absolute atomic E-state index is 0.685. The SMILES string of the molecule is CCN(CC)c1ccc(CNCCCOc2ccccn2)cc1. The molecule has 0 radical (unpaired) electrons. The summed E-state index contributed by atoms with van der Waals surface area (Å²) in [4.78, 5) is 6.49. The van der Waals surface area contributed by atoms with E-state index in [4.69, 9.17) is 4.74 Å². The third-order valence-corrected chi connectivity index (χ3v) is 3.78. The lowest BCUT2D eigenvalue weighted by atomic mass is 10.2. The summed E-state index contributed by atoms with van der Waals surface area (Å²) < 4.78 is 5.57. The Labute approximate surface area is 139 Å². The van der Waals surface area contributed by atoms with Crippen molar-refractivity contribution in [3.8, 4) is 5.88 Å². The second kappa shape index (κ2) is 9.85. The molecule has 0 saturated carbocycles. The smallest absolute Gasteiger partial charge is 0.213 e. The highest BCUT2D eigenvalue weighted by atomic mass is 16.5. The van der Waals surface area contributed by atoms with Gasteiger partial charge in [0.15, 0.2) is 0 Å². The van der Waals surface area contributed by atoms with Gasteiger partial charge >= 0.3 is 0 Å². The molecule has 0 aliphatic carbocycles. The van der Waals surface area contributed by atoms with Gasteiger partial charge in [0.2, 0.25) is 5.88 Å². The molecule has 1 N–H and O–H groups in total. The maximum atomic E-state index is 5.57. The van der Waals surface area contributed by atoms with Crippen molar-refractivity contribution in [2.75, 3.05) is 31.1 Å². The zero-order valence-electron chi connectivity index (χ0n) is 14.2. The highest BCUT2D eigenvalue weighted by molar-refractivity contribution is 5.47. The van der Waals surface area contributed by atoms with Crippen molar-refractivity contribution >= 4 is 5.69 Å². The van der Waals surface area contributed by atoms with Crippen LogP contribution in [-0.2, 0) is 6.54 Å². The van der Waals surface area contributed by atoms with Crippen molar-refractivity contribution < 1.29 is 4.74 Å². The van der Waals surface area contributed by atoms with E-state index < -0.39 is 0 Å². The van der Waals surface area contributed by atoms with Crippen LogP contribution in [0, 0.1) is 0 Å². The minimum atomic E-state index is 0.685. The topological polar surface area (TPSA) is 37.4 Å². The minimum Gasteiger partial charge on any atom is -0.478 e. The van der Waals surface area contributed by atoms with Crippen LogP contribution < -0.4 is 15.0 Å². The Hall–Kier alpha value is -2.07. The van der Waals surface area contributed by atoms with E-state index in [2.05, 4.69) is 53.3 Å². The molecule has 1 aromatic carbocycles. The summed E-state index contributed by atoms with van der Waals surface area (Å²) in [7, 11) is 0. The lowest BCUT2D eigenvalue weighted by Gasteiger charge is -2.21. The first-order chi connectivity index (χ1) is 11.3. The molecule has 2 aromatic rings. The molecule has 0 bridgehead atoms. The molecule has 0 saturated heterocycles. The highest BCUT2D eigenvalue weighted by Crippen LogP contribution is 2.14. The summed E-state index contributed by atoms with van der Waals surface area (Å²) in [5.41, 5.74) is 2.61. The largest absolute Gasteiger partial charge is 0.478 e. The molecular weight excluding hydrogens is 286 g/mol. The molecule has 0 spiro atoms. The van der Waals surface area contributed by atoms with Crippen molar-refractivity contribution in [3.05, 3.63) is 54.2 Å². The van der Waals surface area contributed by atoms with Gasteiger partial charge in [-0.25, -0.2) is 4.98 Å². The van der Waals surface area contributed by atoms with Crippen molar-refractivity contribution in [2.24, 2.45) is 0 Å². The average Bonchev–Trinajstić information content (AvgIpc) is 2.61. The van der Waals surface area contributed by atoms with Crippen LogP contribution in [0.1, 0.15) is 25.8 Å². The van der Waals surface area contributed by atoms with Gasteiger partial charge in [0.25, 0.3) is 0 Å². The Kier molecular flexibility index (Phi) is 7.40. The molecule has 0 aliphatic rings. The molecule has 1 aromatic heterocycles. The fourth-order valence-corrected chi connectivity index (χ4v) is 2.45. The van der Waals surface area contributed by atoms with Gasteiger partial charge in [-0.2, -0.15) is 0 Å². The van der Waals surface area contributed by atoms with Crippen molar-refractivity contribution in [2.45, 2.75) is 26.8 Å². The molecule has 124 valence electrons. The first kappa shape index (κ1) is 17.3. The van der Waals surface area contributed by atoms with Gasteiger partial charge in [-0.15, -0.1) is 0 Å². The number of hydrogen-bond donors (Lipinski definition) is 1. The summed E-state index contributed by atoms with van der Waals surface area (Å²) in [5.74, 6) is 0.694. The molecule has 0 fully saturated rings. The van der Waals surface area contributed by atoms with E-state index in [1.807, 2.05) is 18.2 Å². The van der Waals surface area contributed by atoms with E-state index in [1.54, 1.807) is 6.20 Å². The number of benzene rings is 1. The zero-order valence-corrected chi connectivity index (χ0v) is 14.2. The lowest BCUT2D eigenvalue weighted by Crippen LogP contribution is -2.21. The first-order valence-corrected chi connectivity index (χ1v) is 8.42. The quantitative estimate of drug-likeness (QED) is 0.681. The Balaban J connectivity index is 1.62. The third-order valence-electron chi connectivity index (χ3n) is 3.78. The Morgan fingerprint density at radius 2 is 1.83 bits per heavy atom. The summed E-state index contributed by atoms with van der Waals surface area (Å²) in [6.45, 7) is 8.98. The number of ether oxygens (including phenoxy) is 1. The van der Waals surface area contributed by atoms with Gasteiger partial charge in [0.1, 0.15) is 0 Å². The molecule has 0 atom stereocenters. The fourth-order valence-electron chi connectivity index (χ4n) is 2.45. The molecule has 4 nitrogen and oxygen atoms in total. The molecule has 0 amide bonds. The van der Waals surface area contributed by atoms with Gasteiger partial charge in [0, 0.05) is 37.6 Å². The second-order valence-corrected chi connectivity index (χ2v) is 5.39. The van der Waals surface area contributed by atoms with E-state index in [0.717, 1.165) is 32.6 Å². The molecule has 4 heteroatoms. The summed E-state index contributed by atoms with van der Waals surface area (Å²) in [6, 6.07) is 14.5. The van der Waals surface area contributed by atoms with Crippen LogP contribution >= 0.6 is 0 Å². The number of hydrogen-bond acceptors (Lipinski definition) is 4. The Morgan fingerprint density at radius 1 is 1.04 bits per heavy atom. The number of nitrogens with zero attached hydrogens (tertiary/aromatic N) is 2. The summed E-state index contributed by atoms with van der Waals surface area (Å²) >= 11 is 0. The van der Waals surface area contributed by atoms with Crippen LogP contribution in [0.5, 0.6) is 5.88 Å².